The first-order chi connectivity index (χ1) is 14.0. The molecule has 0 unspecified atom stereocenters. The lowest BCUT2D eigenvalue weighted by molar-refractivity contribution is -0.162. The Morgan fingerprint density at radius 1 is 1.21 bits per heavy atom. The van der Waals surface area contributed by atoms with Gasteiger partial charge in [-0.25, -0.2) is 0 Å². The van der Waals surface area contributed by atoms with Crippen molar-refractivity contribution in [3.63, 3.8) is 0 Å². The lowest BCUT2D eigenvalue weighted by atomic mass is 9.86. The maximum Gasteiger partial charge on any atom is 0.222 e. The number of hydrogen-bond acceptors (Lipinski definition) is 4. The summed E-state index contributed by atoms with van der Waals surface area (Å²) in [5, 5.41) is 0.618. The van der Waals surface area contributed by atoms with E-state index in [-0.39, 0.29) is 18.9 Å². The zero-order valence-electron chi connectivity index (χ0n) is 16.9. The van der Waals surface area contributed by atoms with Gasteiger partial charge in [-0.05, 0) is 36.6 Å². The Morgan fingerprint density at radius 3 is 2.62 bits per heavy atom. The van der Waals surface area contributed by atoms with Crippen LogP contribution in [0.1, 0.15) is 51.4 Å². The number of nitrogens with two attached hydrogens (primary N) is 1. The van der Waals surface area contributed by atoms with Gasteiger partial charge in [0.25, 0.3) is 0 Å². The number of hydrogen-bond donors (Lipinski definition) is 1. The molecule has 1 aromatic rings. The third kappa shape index (κ3) is 6.61. The molecule has 1 saturated carbocycles. The van der Waals surface area contributed by atoms with Gasteiger partial charge in [0.15, 0.2) is 0 Å². The maximum absolute atomic E-state index is 12.8. The van der Waals surface area contributed by atoms with Gasteiger partial charge >= 0.3 is 0 Å². The summed E-state index contributed by atoms with van der Waals surface area (Å²) in [5.74, 6) is 0.945. The van der Waals surface area contributed by atoms with E-state index in [2.05, 4.69) is 0 Å². The summed E-state index contributed by atoms with van der Waals surface area (Å²) in [6.07, 6.45) is 7.84. The molecule has 29 heavy (non-hydrogen) atoms. The molecule has 0 radical (unpaired) electrons. The SMILES string of the molecule is NC(=O)C[C@@]1(COc2ccc(Cl)cc2)CN(C(=O)CCC2CCCCC2)CCO1. The number of ether oxygens (including phenoxy) is 2. The van der Waals surface area contributed by atoms with Crippen molar-refractivity contribution in [1.82, 2.24) is 4.90 Å². The van der Waals surface area contributed by atoms with Crippen LogP contribution in [0.3, 0.4) is 0 Å². The number of rotatable bonds is 8. The average Bonchev–Trinajstić information content (AvgIpc) is 2.72. The molecule has 7 heteroatoms. The van der Waals surface area contributed by atoms with Gasteiger partial charge in [-0.1, -0.05) is 43.7 Å². The highest BCUT2D eigenvalue weighted by Gasteiger charge is 2.40. The molecule has 160 valence electrons. The van der Waals surface area contributed by atoms with Gasteiger partial charge in [0.05, 0.1) is 19.6 Å². The molecule has 1 aromatic carbocycles. The van der Waals surface area contributed by atoms with E-state index in [0.29, 0.717) is 42.8 Å². The minimum absolute atomic E-state index is 0.00694. The normalized spacial score (nSPS) is 23.0. The Morgan fingerprint density at radius 2 is 1.93 bits per heavy atom. The molecule has 3 rings (SSSR count). The van der Waals surface area contributed by atoms with E-state index in [0.717, 1.165) is 6.42 Å². The minimum atomic E-state index is -0.926. The van der Waals surface area contributed by atoms with Gasteiger partial charge < -0.3 is 20.1 Å². The highest BCUT2D eigenvalue weighted by atomic mass is 35.5. The van der Waals surface area contributed by atoms with Crippen LogP contribution >= 0.6 is 11.6 Å². The fraction of sp³-hybridized carbons (Fsp3) is 0.636. The number of halogens is 1. The number of nitrogens with zero attached hydrogens (tertiary/aromatic N) is 1. The van der Waals surface area contributed by atoms with Gasteiger partial charge in [0, 0.05) is 18.0 Å². The highest BCUT2D eigenvalue weighted by molar-refractivity contribution is 6.30. The summed E-state index contributed by atoms with van der Waals surface area (Å²) >= 11 is 5.91. The molecule has 6 nitrogen and oxygen atoms in total. The van der Waals surface area contributed by atoms with Gasteiger partial charge in [-0.3, -0.25) is 9.59 Å². The largest absolute Gasteiger partial charge is 0.490 e. The Labute approximate surface area is 177 Å². The zero-order valence-corrected chi connectivity index (χ0v) is 17.7. The number of carbonyl (C=O) groups is 2. The summed E-state index contributed by atoms with van der Waals surface area (Å²) in [4.78, 5) is 26.3. The zero-order chi connectivity index (χ0) is 20.7. The molecule has 1 aliphatic carbocycles. The van der Waals surface area contributed by atoms with Crippen LogP contribution in [0, 0.1) is 5.92 Å². The quantitative estimate of drug-likeness (QED) is 0.694. The molecular formula is C22H31ClN2O4. The average molecular weight is 423 g/mol. The Hall–Kier alpha value is -1.79. The molecule has 1 heterocycles. The van der Waals surface area contributed by atoms with Crippen molar-refractivity contribution in [1.29, 1.82) is 0 Å². The molecule has 0 bridgehead atoms. The molecule has 2 fully saturated rings. The van der Waals surface area contributed by atoms with Gasteiger partial charge in [-0.2, -0.15) is 0 Å². The van der Waals surface area contributed by atoms with Gasteiger partial charge in [0.1, 0.15) is 18.0 Å². The van der Waals surface area contributed by atoms with E-state index in [1.165, 1.54) is 32.1 Å². The molecular weight excluding hydrogens is 392 g/mol. The molecule has 1 atom stereocenters. The van der Waals surface area contributed by atoms with Crippen LogP contribution in [0.5, 0.6) is 5.75 Å². The molecule has 2 amide bonds. The first-order valence-corrected chi connectivity index (χ1v) is 10.9. The number of morpholine rings is 1. The van der Waals surface area contributed by atoms with Crippen LogP contribution in [0.4, 0.5) is 0 Å². The predicted molar refractivity (Wildman–Crippen MR) is 112 cm³/mol. The van der Waals surface area contributed by atoms with E-state index >= 15 is 0 Å². The monoisotopic (exact) mass is 422 g/mol. The van der Waals surface area contributed by atoms with E-state index in [1.807, 2.05) is 0 Å². The smallest absolute Gasteiger partial charge is 0.222 e. The second-order valence-electron chi connectivity index (χ2n) is 8.28. The fourth-order valence-electron chi connectivity index (χ4n) is 4.33. The molecule has 0 aromatic heterocycles. The van der Waals surface area contributed by atoms with E-state index < -0.39 is 11.5 Å². The minimum Gasteiger partial charge on any atom is -0.490 e. The Bertz CT molecular complexity index is 691. The first kappa shape index (κ1) is 21.9. The van der Waals surface area contributed by atoms with Crippen LogP contribution < -0.4 is 10.5 Å². The summed E-state index contributed by atoms with van der Waals surface area (Å²) in [6, 6.07) is 6.99. The first-order valence-electron chi connectivity index (χ1n) is 10.5. The molecule has 2 N–H and O–H groups in total. The van der Waals surface area contributed by atoms with Crippen molar-refractivity contribution in [3.05, 3.63) is 29.3 Å². The molecule has 0 spiro atoms. The van der Waals surface area contributed by atoms with Crippen molar-refractivity contribution < 1.29 is 19.1 Å². The van der Waals surface area contributed by atoms with Crippen LogP contribution in [-0.4, -0.2) is 48.6 Å². The van der Waals surface area contributed by atoms with Crippen LogP contribution in [0.15, 0.2) is 24.3 Å². The second-order valence-corrected chi connectivity index (χ2v) is 8.71. The van der Waals surface area contributed by atoms with E-state index in [9.17, 15) is 9.59 Å². The Kier molecular flexibility index (Phi) is 7.78. The summed E-state index contributed by atoms with van der Waals surface area (Å²) in [7, 11) is 0. The van der Waals surface area contributed by atoms with Crippen molar-refractivity contribution in [2.75, 3.05) is 26.3 Å². The van der Waals surface area contributed by atoms with Crippen LogP contribution in [-0.2, 0) is 14.3 Å². The third-order valence-electron chi connectivity index (χ3n) is 5.90. The molecule has 1 aliphatic heterocycles. The highest BCUT2D eigenvalue weighted by Crippen LogP contribution is 2.29. The summed E-state index contributed by atoms with van der Waals surface area (Å²) < 4.78 is 11.8. The lowest BCUT2D eigenvalue weighted by Gasteiger charge is -2.42. The van der Waals surface area contributed by atoms with Crippen molar-refractivity contribution in [3.8, 4) is 5.75 Å². The van der Waals surface area contributed by atoms with Crippen LogP contribution in [0.2, 0.25) is 5.02 Å². The standard InChI is InChI=1S/C22H31ClN2O4/c23-18-7-9-19(10-8-18)28-16-22(14-20(24)26)15-25(12-13-29-22)21(27)11-6-17-4-2-1-3-5-17/h7-10,17H,1-6,11-16H2,(H2,24,26)/t22-/m0/s1. The third-order valence-corrected chi connectivity index (χ3v) is 6.16. The Balaban J connectivity index is 1.59. The van der Waals surface area contributed by atoms with Gasteiger partial charge in [0.2, 0.25) is 11.8 Å². The van der Waals surface area contributed by atoms with Crippen molar-refractivity contribution >= 4 is 23.4 Å². The fourth-order valence-corrected chi connectivity index (χ4v) is 4.45. The number of carbonyl (C=O) groups excluding carboxylic acids is 2. The van der Waals surface area contributed by atoms with E-state index in [1.54, 1.807) is 29.2 Å². The lowest BCUT2D eigenvalue weighted by Crippen LogP contribution is -2.58. The number of amides is 2. The second kappa shape index (κ2) is 10.3. The molecule has 2 aliphatic rings. The van der Waals surface area contributed by atoms with Crippen molar-refractivity contribution in [2.45, 2.75) is 57.0 Å². The van der Waals surface area contributed by atoms with E-state index in [4.69, 9.17) is 26.8 Å². The van der Waals surface area contributed by atoms with Crippen LogP contribution in [0.25, 0.3) is 0 Å². The number of benzene rings is 1. The maximum atomic E-state index is 12.8. The summed E-state index contributed by atoms with van der Waals surface area (Å²) in [6.45, 7) is 1.36. The molecule has 1 saturated heterocycles. The predicted octanol–water partition coefficient (Wildman–Crippen LogP) is 3.55. The topological polar surface area (TPSA) is 81.9 Å². The summed E-state index contributed by atoms with van der Waals surface area (Å²) in [5.41, 5.74) is 4.55. The van der Waals surface area contributed by atoms with Crippen molar-refractivity contribution in [2.24, 2.45) is 11.7 Å². The van der Waals surface area contributed by atoms with Gasteiger partial charge in [-0.15, -0.1) is 0 Å². The number of primary amides is 1.